The molecule has 0 aliphatic rings. The summed E-state index contributed by atoms with van der Waals surface area (Å²) in [4.78, 5) is 20.4. The van der Waals surface area contributed by atoms with Crippen LogP contribution in [-0.4, -0.2) is 56.2 Å². The van der Waals surface area contributed by atoms with Crippen LogP contribution in [0.25, 0.3) is 10.9 Å². The fourth-order valence-electron chi connectivity index (χ4n) is 2.78. The van der Waals surface area contributed by atoms with E-state index < -0.39 is 24.8 Å². The summed E-state index contributed by atoms with van der Waals surface area (Å²) in [6.45, 7) is 2.14. The smallest absolute Gasteiger partial charge is 0.422 e. The Morgan fingerprint density at radius 3 is 2.80 bits per heavy atom. The predicted octanol–water partition coefficient (Wildman–Crippen LogP) is 2.23. The maximum atomic E-state index is 12.3. The van der Waals surface area contributed by atoms with Gasteiger partial charge in [-0.25, -0.2) is 4.98 Å². The quantitative estimate of drug-likeness (QED) is 0.604. The largest absolute Gasteiger partial charge is 0.468 e. The minimum absolute atomic E-state index is 0.0806. The van der Waals surface area contributed by atoms with Gasteiger partial charge in [0.25, 0.3) is 5.91 Å². The van der Waals surface area contributed by atoms with Crippen molar-refractivity contribution in [3.8, 4) is 5.88 Å². The molecule has 0 radical (unpaired) electrons. The number of halogens is 3. The normalized spacial score (nSPS) is 12.7. The molecule has 0 aliphatic heterocycles. The van der Waals surface area contributed by atoms with Gasteiger partial charge >= 0.3 is 6.18 Å². The topological polar surface area (TPSA) is 102 Å². The van der Waals surface area contributed by atoms with E-state index >= 15 is 0 Å². The zero-order valence-electron chi connectivity index (χ0n) is 16.3. The van der Waals surface area contributed by atoms with Gasteiger partial charge in [0.05, 0.1) is 23.6 Å². The van der Waals surface area contributed by atoms with Crippen molar-refractivity contribution in [3.05, 3.63) is 47.5 Å². The van der Waals surface area contributed by atoms with Gasteiger partial charge in [-0.1, -0.05) is 0 Å². The molecule has 3 aromatic rings. The lowest BCUT2D eigenvalue weighted by molar-refractivity contribution is -0.154. The van der Waals surface area contributed by atoms with Crippen LogP contribution in [0.1, 0.15) is 28.5 Å². The molecule has 0 saturated carbocycles. The molecule has 0 saturated heterocycles. The van der Waals surface area contributed by atoms with Crippen molar-refractivity contribution < 1.29 is 27.8 Å². The van der Waals surface area contributed by atoms with Gasteiger partial charge in [-0.05, 0) is 31.5 Å². The SMILES string of the molecule is Cc1cc(Cn2cc3c(C(=O)NC[C@H](C)O)nccc3n2)cnc1OCC(F)(F)F. The summed E-state index contributed by atoms with van der Waals surface area (Å²) in [7, 11) is 0. The van der Waals surface area contributed by atoms with Gasteiger partial charge in [0, 0.05) is 30.7 Å². The Bertz CT molecular complexity index is 1050. The van der Waals surface area contributed by atoms with E-state index in [2.05, 4.69) is 20.4 Å². The number of hydrogen-bond donors (Lipinski definition) is 2. The molecule has 0 aromatic carbocycles. The summed E-state index contributed by atoms with van der Waals surface area (Å²) in [5.41, 5.74) is 1.91. The molecule has 1 atom stereocenters. The van der Waals surface area contributed by atoms with Gasteiger partial charge in [-0.2, -0.15) is 18.3 Å². The zero-order valence-corrected chi connectivity index (χ0v) is 16.3. The highest BCUT2D eigenvalue weighted by atomic mass is 19.4. The monoisotopic (exact) mass is 423 g/mol. The van der Waals surface area contributed by atoms with E-state index in [-0.39, 0.29) is 24.7 Å². The number of alkyl halides is 3. The number of aliphatic hydroxyl groups excluding tert-OH is 1. The maximum Gasteiger partial charge on any atom is 0.422 e. The Labute approximate surface area is 169 Å². The minimum Gasteiger partial charge on any atom is -0.468 e. The molecule has 0 spiro atoms. The number of aryl methyl sites for hydroxylation is 1. The van der Waals surface area contributed by atoms with Gasteiger partial charge in [0.15, 0.2) is 6.61 Å². The van der Waals surface area contributed by atoms with Crippen molar-refractivity contribution in [2.24, 2.45) is 0 Å². The summed E-state index contributed by atoms with van der Waals surface area (Å²) >= 11 is 0. The molecule has 1 amide bonds. The first-order valence-electron chi connectivity index (χ1n) is 9.06. The number of carbonyl (C=O) groups is 1. The van der Waals surface area contributed by atoms with Crippen LogP contribution in [0.5, 0.6) is 5.88 Å². The van der Waals surface area contributed by atoms with Crippen molar-refractivity contribution in [3.63, 3.8) is 0 Å². The minimum atomic E-state index is -4.44. The second kappa shape index (κ2) is 8.66. The van der Waals surface area contributed by atoms with E-state index in [1.54, 1.807) is 36.9 Å². The van der Waals surface area contributed by atoms with Gasteiger partial charge in [0.2, 0.25) is 5.88 Å². The van der Waals surface area contributed by atoms with Crippen LogP contribution in [0.3, 0.4) is 0 Å². The molecule has 160 valence electrons. The van der Waals surface area contributed by atoms with Crippen LogP contribution >= 0.6 is 0 Å². The van der Waals surface area contributed by atoms with E-state index in [1.807, 2.05) is 0 Å². The second-order valence-corrected chi connectivity index (χ2v) is 6.85. The number of nitrogens with zero attached hydrogens (tertiary/aromatic N) is 4. The van der Waals surface area contributed by atoms with E-state index in [4.69, 9.17) is 4.74 Å². The van der Waals surface area contributed by atoms with E-state index in [1.165, 1.54) is 12.4 Å². The second-order valence-electron chi connectivity index (χ2n) is 6.85. The van der Waals surface area contributed by atoms with Crippen LogP contribution in [-0.2, 0) is 6.54 Å². The number of ether oxygens (including phenoxy) is 1. The van der Waals surface area contributed by atoms with Gasteiger partial charge in [-0.3, -0.25) is 14.5 Å². The Balaban J connectivity index is 1.77. The number of nitrogens with one attached hydrogen (secondary N) is 1. The third kappa shape index (κ3) is 5.44. The Morgan fingerprint density at radius 1 is 1.37 bits per heavy atom. The van der Waals surface area contributed by atoms with E-state index in [0.29, 0.717) is 22.0 Å². The molecular weight excluding hydrogens is 403 g/mol. The summed E-state index contributed by atoms with van der Waals surface area (Å²) in [6, 6.07) is 3.33. The average Bonchev–Trinajstić information content (AvgIpc) is 3.07. The Kier molecular flexibility index (Phi) is 6.20. The Hall–Kier alpha value is -3.21. The van der Waals surface area contributed by atoms with Gasteiger partial charge < -0.3 is 15.2 Å². The van der Waals surface area contributed by atoms with E-state index in [0.717, 1.165) is 0 Å². The molecule has 0 aliphatic carbocycles. The first-order valence-corrected chi connectivity index (χ1v) is 9.06. The number of amides is 1. The lowest BCUT2D eigenvalue weighted by Crippen LogP contribution is -2.31. The number of fused-ring (bicyclic) bond motifs is 1. The van der Waals surface area contributed by atoms with Crippen molar-refractivity contribution in [1.82, 2.24) is 25.1 Å². The molecule has 3 aromatic heterocycles. The van der Waals surface area contributed by atoms with Crippen LogP contribution in [0, 0.1) is 6.92 Å². The number of carbonyl (C=O) groups excluding carboxylic acids is 1. The third-order valence-corrected chi connectivity index (χ3v) is 4.06. The molecule has 0 unspecified atom stereocenters. The number of aromatic nitrogens is 4. The number of aliphatic hydroxyl groups is 1. The average molecular weight is 423 g/mol. The summed E-state index contributed by atoms with van der Waals surface area (Å²) in [5, 5.41) is 16.9. The van der Waals surface area contributed by atoms with Crippen molar-refractivity contribution in [2.45, 2.75) is 32.7 Å². The third-order valence-electron chi connectivity index (χ3n) is 4.06. The standard InChI is InChI=1S/C19H20F3N5O3/c1-11-5-13(7-25-18(11)30-10-19(20,21)22)8-27-9-14-15(26-27)3-4-23-16(14)17(29)24-6-12(2)28/h3-5,7,9,12,28H,6,8,10H2,1-2H3,(H,24,29)/t12-/m0/s1. The number of rotatable bonds is 7. The van der Waals surface area contributed by atoms with Crippen LogP contribution in [0.4, 0.5) is 13.2 Å². The highest BCUT2D eigenvalue weighted by Crippen LogP contribution is 2.21. The van der Waals surface area contributed by atoms with Crippen LogP contribution in [0.15, 0.2) is 30.7 Å². The highest BCUT2D eigenvalue weighted by Gasteiger charge is 2.29. The predicted molar refractivity (Wildman–Crippen MR) is 101 cm³/mol. The zero-order chi connectivity index (χ0) is 21.9. The lowest BCUT2D eigenvalue weighted by Gasteiger charge is -2.11. The van der Waals surface area contributed by atoms with Crippen molar-refractivity contribution in [1.29, 1.82) is 0 Å². The molecule has 2 N–H and O–H groups in total. The summed E-state index contributed by atoms with van der Waals surface area (Å²) in [6.07, 6.45) is -0.581. The number of pyridine rings is 2. The Morgan fingerprint density at radius 2 is 2.13 bits per heavy atom. The molecule has 3 rings (SSSR count). The molecule has 0 fully saturated rings. The molecule has 8 nitrogen and oxygen atoms in total. The molecule has 30 heavy (non-hydrogen) atoms. The van der Waals surface area contributed by atoms with Crippen LogP contribution in [0.2, 0.25) is 0 Å². The molecular formula is C19H20F3N5O3. The van der Waals surface area contributed by atoms with Crippen molar-refractivity contribution >= 4 is 16.8 Å². The van der Waals surface area contributed by atoms with Crippen LogP contribution < -0.4 is 10.1 Å². The summed E-state index contributed by atoms with van der Waals surface area (Å²) < 4.78 is 43.2. The fraction of sp³-hybridized carbons (Fsp3) is 0.368. The lowest BCUT2D eigenvalue weighted by atomic mass is 10.2. The maximum absolute atomic E-state index is 12.3. The molecule has 3 heterocycles. The number of hydrogen-bond acceptors (Lipinski definition) is 6. The van der Waals surface area contributed by atoms with Gasteiger partial charge in [-0.15, -0.1) is 0 Å². The summed E-state index contributed by atoms with van der Waals surface area (Å²) in [5.74, 6) is -0.507. The highest BCUT2D eigenvalue weighted by molar-refractivity contribution is 6.04. The van der Waals surface area contributed by atoms with E-state index in [9.17, 15) is 23.1 Å². The first-order chi connectivity index (χ1) is 14.1. The fourth-order valence-corrected chi connectivity index (χ4v) is 2.78. The molecule has 0 bridgehead atoms. The van der Waals surface area contributed by atoms with Crippen molar-refractivity contribution in [2.75, 3.05) is 13.2 Å². The van der Waals surface area contributed by atoms with Gasteiger partial charge in [0.1, 0.15) is 5.69 Å². The molecule has 11 heteroatoms. The first kappa shape index (κ1) is 21.5.